The highest BCUT2D eigenvalue weighted by atomic mass is 16.6. The molecule has 1 aliphatic rings. The summed E-state index contributed by atoms with van der Waals surface area (Å²) in [6.45, 7) is -0.695. The molecule has 5 N–H and O–H groups in total. The van der Waals surface area contributed by atoms with Gasteiger partial charge in [-0.3, -0.25) is 4.90 Å². The fourth-order valence-corrected chi connectivity index (χ4v) is 1.76. The lowest BCUT2D eigenvalue weighted by atomic mass is 9.96. The van der Waals surface area contributed by atoms with Crippen LogP contribution in [0, 0.1) is 0 Å². The molecule has 1 fully saturated rings. The summed E-state index contributed by atoms with van der Waals surface area (Å²) in [5.41, 5.74) is 0. The van der Waals surface area contributed by atoms with Gasteiger partial charge in [0.05, 0.1) is 19.3 Å². The Bertz CT molecular complexity index is 234. The summed E-state index contributed by atoms with van der Waals surface area (Å²) in [7, 11) is -0.265. The summed E-state index contributed by atoms with van der Waals surface area (Å²) in [6, 6.07) is -1.00. The van der Waals surface area contributed by atoms with E-state index >= 15 is 0 Å². The molecule has 0 aromatic carbocycles. The minimum Gasteiger partial charge on any atom is -0.395 e. The summed E-state index contributed by atoms with van der Waals surface area (Å²) in [5.74, 6) is 0. The Kier molecular flexibility index (Phi) is 4.47. The van der Waals surface area contributed by atoms with Crippen molar-refractivity contribution in [3.63, 3.8) is 0 Å². The van der Waals surface area contributed by atoms with Gasteiger partial charge in [0.15, 0.2) is 6.29 Å². The van der Waals surface area contributed by atoms with Crippen LogP contribution in [0.15, 0.2) is 0 Å². The standard InChI is InChI=1S/C9H19NO6/c1-10(2-3-11)6-8(14)7(13)5(4-12)16-9(6)15/h5-9,11-15H,2-4H2,1H3/t5-,6-,7-,8-,9?/m1/s1/i1D. The number of aliphatic hydroxyl groups excluding tert-OH is 5. The van der Waals surface area contributed by atoms with E-state index in [1.807, 2.05) is 0 Å². The molecule has 1 unspecified atom stereocenters. The molecule has 1 heterocycles. The molecule has 1 saturated heterocycles. The van der Waals surface area contributed by atoms with E-state index in [-0.39, 0.29) is 20.2 Å². The summed E-state index contributed by atoms with van der Waals surface area (Å²) in [6.07, 6.45) is -5.19. The third kappa shape index (κ3) is 2.69. The molecule has 1 rings (SSSR count). The van der Waals surface area contributed by atoms with Gasteiger partial charge in [0.25, 0.3) is 0 Å². The molecule has 1 aliphatic heterocycles. The largest absolute Gasteiger partial charge is 0.395 e. The van der Waals surface area contributed by atoms with E-state index < -0.39 is 37.3 Å². The van der Waals surface area contributed by atoms with E-state index in [9.17, 15) is 15.3 Å². The number of ether oxygens (including phenoxy) is 1. The minimum atomic E-state index is -1.43. The van der Waals surface area contributed by atoms with E-state index in [0.29, 0.717) is 0 Å². The van der Waals surface area contributed by atoms with Crippen molar-refractivity contribution in [2.75, 3.05) is 26.8 Å². The van der Waals surface area contributed by atoms with Gasteiger partial charge in [-0.05, 0) is 7.02 Å². The van der Waals surface area contributed by atoms with E-state index in [4.69, 9.17) is 16.3 Å². The first-order chi connectivity index (χ1) is 8.06. The third-order valence-corrected chi connectivity index (χ3v) is 2.68. The Hall–Kier alpha value is -0.280. The Morgan fingerprint density at radius 3 is 2.44 bits per heavy atom. The van der Waals surface area contributed by atoms with Gasteiger partial charge in [0.2, 0.25) is 0 Å². The predicted octanol–water partition coefficient (Wildman–Crippen LogP) is -3.29. The van der Waals surface area contributed by atoms with Crippen molar-refractivity contribution in [1.29, 1.82) is 0 Å². The first kappa shape index (κ1) is 12.2. The van der Waals surface area contributed by atoms with Gasteiger partial charge in [0.1, 0.15) is 18.3 Å². The highest BCUT2D eigenvalue weighted by Crippen LogP contribution is 2.22. The zero-order chi connectivity index (χ0) is 13.0. The lowest BCUT2D eigenvalue weighted by molar-refractivity contribution is -0.270. The summed E-state index contributed by atoms with van der Waals surface area (Å²) in [4.78, 5) is 1.28. The van der Waals surface area contributed by atoms with E-state index in [2.05, 4.69) is 0 Å². The van der Waals surface area contributed by atoms with Crippen molar-refractivity contribution in [2.45, 2.75) is 30.6 Å². The molecule has 0 aliphatic carbocycles. The Labute approximate surface area is 94.9 Å². The Morgan fingerprint density at radius 1 is 1.25 bits per heavy atom. The van der Waals surface area contributed by atoms with Crippen molar-refractivity contribution in [3.05, 3.63) is 0 Å². The third-order valence-electron chi connectivity index (χ3n) is 2.68. The molecule has 96 valence electrons. The fraction of sp³-hybridized carbons (Fsp3) is 1.00. The van der Waals surface area contributed by atoms with Crippen LogP contribution >= 0.6 is 0 Å². The highest BCUT2D eigenvalue weighted by molar-refractivity contribution is 4.93. The number of aliphatic hydroxyl groups is 5. The molecule has 0 aromatic heterocycles. The summed E-state index contributed by atoms with van der Waals surface area (Å²) in [5, 5.41) is 46.8. The van der Waals surface area contributed by atoms with Crippen molar-refractivity contribution < 1.29 is 31.6 Å². The Balaban J connectivity index is 2.77. The lowest BCUT2D eigenvalue weighted by Crippen LogP contribution is -2.63. The van der Waals surface area contributed by atoms with Crippen LogP contribution in [0.3, 0.4) is 0 Å². The fourth-order valence-electron chi connectivity index (χ4n) is 1.76. The van der Waals surface area contributed by atoms with Crippen LogP contribution in [-0.4, -0.2) is 87.9 Å². The number of hydrogen-bond donors (Lipinski definition) is 5. The molecule has 0 spiro atoms. The molecule has 0 radical (unpaired) electrons. The first-order valence-electron chi connectivity index (χ1n) is 5.72. The molecule has 0 aromatic rings. The normalized spacial score (nSPS) is 41.1. The maximum atomic E-state index is 9.83. The Morgan fingerprint density at radius 2 is 1.94 bits per heavy atom. The van der Waals surface area contributed by atoms with Gasteiger partial charge in [0, 0.05) is 7.92 Å². The zero-order valence-corrected chi connectivity index (χ0v) is 8.81. The second kappa shape index (κ2) is 5.87. The average molecular weight is 238 g/mol. The minimum absolute atomic E-state index is 0.0716. The lowest BCUT2D eigenvalue weighted by Gasteiger charge is -2.43. The number of rotatable bonds is 4. The molecule has 16 heavy (non-hydrogen) atoms. The maximum absolute atomic E-state index is 9.83. The summed E-state index contributed by atoms with van der Waals surface area (Å²) >= 11 is 0. The topological polar surface area (TPSA) is 114 Å². The van der Waals surface area contributed by atoms with Crippen LogP contribution in [-0.2, 0) is 4.74 Å². The monoisotopic (exact) mass is 238 g/mol. The van der Waals surface area contributed by atoms with Crippen molar-refractivity contribution in [2.24, 2.45) is 0 Å². The predicted molar refractivity (Wildman–Crippen MR) is 53.5 cm³/mol. The van der Waals surface area contributed by atoms with Crippen LogP contribution in [0.2, 0.25) is 0 Å². The molecule has 5 atom stereocenters. The van der Waals surface area contributed by atoms with E-state index in [1.54, 1.807) is 0 Å². The van der Waals surface area contributed by atoms with Crippen molar-refractivity contribution >= 4 is 0 Å². The van der Waals surface area contributed by atoms with Gasteiger partial charge < -0.3 is 30.3 Å². The van der Waals surface area contributed by atoms with Gasteiger partial charge in [-0.15, -0.1) is 0 Å². The maximum Gasteiger partial charge on any atom is 0.173 e. The zero-order valence-electron chi connectivity index (χ0n) is 9.81. The van der Waals surface area contributed by atoms with Crippen LogP contribution < -0.4 is 0 Å². The van der Waals surface area contributed by atoms with Gasteiger partial charge in [-0.2, -0.15) is 0 Å². The first-order valence-corrected chi connectivity index (χ1v) is 5.01. The quantitative estimate of drug-likeness (QED) is 0.349. The number of likely N-dealkylation sites (N-methyl/N-ethyl adjacent to an activating group) is 1. The van der Waals surface area contributed by atoms with Crippen LogP contribution in [0.5, 0.6) is 0 Å². The second-order valence-electron chi connectivity index (χ2n) is 3.76. The van der Waals surface area contributed by atoms with Crippen LogP contribution in [0.1, 0.15) is 1.37 Å². The second-order valence-corrected chi connectivity index (χ2v) is 3.76. The van der Waals surface area contributed by atoms with Crippen LogP contribution in [0.25, 0.3) is 0 Å². The number of nitrogens with zero attached hydrogens (tertiary/aromatic N) is 1. The molecular formula is C9H19NO6. The molecule has 0 amide bonds. The van der Waals surface area contributed by atoms with Crippen molar-refractivity contribution in [1.82, 2.24) is 4.90 Å². The van der Waals surface area contributed by atoms with E-state index in [0.717, 1.165) is 0 Å². The highest BCUT2D eigenvalue weighted by Gasteiger charge is 2.45. The van der Waals surface area contributed by atoms with Crippen molar-refractivity contribution in [3.8, 4) is 0 Å². The smallest absolute Gasteiger partial charge is 0.173 e. The SMILES string of the molecule is [2H]CN(CCO)[C@H]1C(O)O[C@H](CO)[C@@H](O)[C@@H]1O. The average Bonchev–Trinajstić information content (AvgIpc) is 2.32. The van der Waals surface area contributed by atoms with E-state index in [1.165, 1.54) is 4.90 Å². The molecular weight excluding hydrogens is 218 g/mol. The molecule has 0 bridgehead atoms. The number of hydrogen-bond acceptors (Lipinski definition) is 7. The van der Waals surface area contributed by atoms with Gasteiger partial charge >= 0.3 is 0 Å². The molecule has 7 nitrogen and oxygen atoms in total. The van der Waals surface area contributed by atoms with Crippen LogP contribution in [0.4, 0.5) is 0 Å². The molecule has 7 heteroatoms. The summed E-state index contributed by atoms with van der Waals surface area (Å²) < 4.78 is 12.2. The molecule has 0 saturated carbocycles. The van der Waals surface area contributed by atoms with Gasteiger partial charge in [-0.25, -0.2) is 0 Å². The van der Waals surface area contributed by atoms with Gasteiger partial charge in [-0.1, -0.05) is 0 Å².